The second-order valence-corrected chi connectivity index (χ2v) is 7.22. The SMILES string of the molecule is CC1(C)C(NC(=O)C2NCCc3ccccc32)C1(C)C. The third-order valence-electron chi connectivity index (χ3n) is 5.68. The van der Waals surface area contributed by atoms with E-state index < -0.39 is 0 Å². The van der Waals surface area contributed by atoms with Crippen LogP contribution in [0.5, 0.6) is 0 Å². The fourth-order valence-corrected chi connectivity index (χ4v) is 3.52. The van der Waals surface area contributed by atoms with Crippen LogP contribution in [-0.4, -0.2) is 18.5 Å². The highest BCUT2D eigenvalue weighted by atomic mass is 16.2. The minimum atomic E-state index is -0.202. The Morgan fingerprint density at radius 1 is 1.20 bits per heavy atom. The van der Waals surface area contributed by atoms with Gasteiger partial charge in [0.05, 0.1) is 0 Å². The zero-order valence-electron chi connectivity index (χ0n) is 12.8. The molecule has 1 fully saturated rings. The van der Waals surface area contributed by atoms with E-state index in [4.69, 9.17) is 0 Å². The molecule has 3 rings (SSSR count). The van der Waals surface area contributed by atoms with Gasteiger partial charge in [0, 0.05) is 12.6 Å². The number of hydrogen-bond donors (Lipinski definition) is 2. The summed E-state index contributed by atoms with van der Waals surface area (Å²) in [6.07, 6.45) is 1.00. The summed E-state index contributed by atoms with van der Waals surface area (Å²) >= 11 is 0. The lowest BCUT2D eigenvalue weighted by atomic mass is 9.94. The lowest BCUT2D eigenvalue weighted by molar-refractivity contribution is -0.123. The summed E-state index contributed by atoms with van der Waals surface area (Å²) in [5.74, 6) is 0.112. The van der Waals surface area contributed by atoms with Crippen LogP contribution in [0.4, 0.5) is 0 Å². The molecule has 2 aliphatic rings. The molecule has 1 atom stereocenters. The number of benzene rings is 1. The summed E-state index contributed by atoms with van der Waals surface area (Å²) in [5, 5.41) is 6.59. The van der Waals surface area contributed by atoms with Crippen molar-refractivity contribution in [2.75, 3.05) is 6.54 Å². The first kappa shape index (κ1) is 13.6. The molecule has 1 saturated carbocycles. The minimum Gasteiger partial charge on any atom is -0.351 e. The van der Waals surface area contributed by atoms with E-state index in [2.05, 4.69) is 50.5 Å². The lowest BCUT2D eigenvalue weighted by Gasteiger charge is -2.26. The van der Waals surface area contributed by atoms with Gasteiger partial charge in [-0.05, 0) is 28.4 Å². The Kier molecular flexibility index (Phi) is 2.94. The van der Waals surface area contributed by atoms with Gasteiger partial charge in [0.2, 0.25) is 5.91 Å². The van der Waals surface area contributed by atoms with E-state index in [1.54, 1.807) is 0 Å². The second-order valence-electron chi connectivity index (χ2n) is 7.22. The maximum Gasteiger partial charge on any atom is 0.242 e. The molecule has 1 unspecified atom stereocenters. The summed E-state index contributed by atoms with van der Waals surface area (Å²) in [6.45, 7) is 9.76. The van der Waals surface area contributed by atoms with Crippen molar-refractivity contribution in [1.29, 1.82) is 0 Å². The van der Waals surface area contributed by atoms with Gasteiger partial charge in [-0.2, -0.15) is 0 Å². The highest BCUT2D eigenvalue weighted by Gasteiger charge is 2.65. The van der Waals surface area contributed by atoms with Crippen molar-refractivity contribution in [2.24, 2.45) is 10.8 Å². The Morgan fingerprint density at radius 2 is 1.85 bits per heavy atom. The first-order valence-corrected chi connectivity index (χ1v) is 7.47. The smallest absolute Gasteiger partial charge is 0.242 e. The van der Waals surface area contributed by atoms with Crippen molar-refractivity contribution in [1.82, 2.24) is 10.6 Å². The number of carbonyl (C=O) groups excluding carboxylic acids is 1. The number of nitrogens with one attached hydrogen (secondary N) is 2. The Balaban J connectivity index is 1.77. The van der Waals surface area contributed by atoms with Crippen molar-refractivity contribution in [3.8, 4) is 0 Å². The Labute approximate surface area is 121 Å². The van der Waals surface area contributed by atoms with Crippen LogP contribution in [0.15, 0.2) is 24.3 Å². The molecule has 1 aromatic carbocycles. The fraction of sp³-hybridized carbons (Fsp3) is 0.588. The van der Waals surface area contributed by atoms with E-state index in [1.165, 1.54) is 5.56 Å². The molecule has 3 heteroatoms. The highest BCUT2D eigenvalue weighted by molar-refractivity contribution is 5.84. The molecule has 1 amide bonds. The maximum atomic E-state index is 12.6. The second kappa shape index (κ2) is 4.32. The molecule has 0 bridgehead atoms. The van der Waals surface area contributed by atoms with Crippen molar-refractivity contribution >= 4 is 5.91 Å². The largest absolute Gasteiger partial charge is 0.351 e. The van der Waals surface area contributed by atoms with Gasteiger partial charge >= 0.3 is 0 Å². The van der Waals surface area contributed by atoms with Crippen LogP contribution in [0.3, 0.4) is 0 Å². The van der Waals surface area contributed by atoms with Gasteiger partial charge < -0.3 is 10.6 Å². The summed E-state index contributed by atoms with van der Waals surface area (Å²) in [5.41, 5.74) is 2.78. The van der Waals surface area contributed by atoms with E-state index in [-0.39, 0.29) is 28.8 Å². The molecular formula is C17H24N2O. The van der Waals surface area contributed by atoms with E-state index >= 15 is 0 Å². The van der Waals surface area contributed by atoms with Gasteiger partial charge in [0.15, 0.2) is 0 Å². The first-order valence-electron chi connectivity index (χ1n) is 7.47. The van der Waals surface area contributed by atoms with Crippen molar-refractivity contribution in [3.63, 3.8) is 0 Å². The highest BCUT2D eigenvalue weighted by Crippen LogP contribution is 2.62. The van der Waals surface area contributed by atoms with Crippen LogP contribution in [0, 0.1) is 10.8 Å². The molecule has 0 radical (unpaired) electrons. The van der Waals surface area contributed by atoms with Crippen LogP contribution in [0.25, 0.3) is 0 Å². The van der Waals surface area contributed by atoms with Crippen LogP contribution in [0.1, 0.15) is 44.9 Å². The van der Waals surface area contributed by atoms with Gasteiger partial charge in [0.1, 0.15) is 6.04 Å². The summed E-state index contributed by atoms with van der Waals surface area (Å²) in [7, 11) is 0. The predicted molar refractivity (Wildman–Crippen MR) is 80.4 cm³/mol. The number of carbonyl (C=O) groups is 1. The number of rotatable bonds is 2. The van der Waals surface area contributed by atoms with Gasteiger partial charge in [0.25, 0.3) is 0 Å². The van der Waals surface area contributed by atoms with E-state index in [9.17, 15) is 4.79 Å². The molecule has 108 valence electrons. The molecule has 1 aliphatic carbocycles. The third kappa shape index (κ3) is 1.87. The monoisotopic (exact) mass is 272 g/mol. The summed E-state index contributed by atoms with van der Waals surface area (Å²) < 4.78 is 0. The van der Waals surface area contributed by atoms with Crippen LogP contribution < -0.4 is 10.6 Å². The molecule has 0 saturated heterocycles. The number of amides is 1. The molecule has 1 heterocycles. The van der Waals surface area contributed by atoms with Crippen LogP contribution >= 0.6 is 0 Å². The quantitative estimate of drug-likeness (QED) is 0.868. The van der Waals surface area contributed by atoms with Crippen LogP contribution in [-0.2, 0) is 11.2 Å². The average molecular weight is 272 g/mol. The Morgan fingerprint density at radius 3 is 2.50 bits per heavy atom. The molecule has 2 N–H and O–H groups in total. The van der Waals surface area contributed by atoms with E-state index in [0.717, 1.165) is 18.5 Å². The zero-order chi connectivity index (χ0) is 14.5. The lowest BCUT2D eigenvalue weighted by Crippen LogP contribution is -2.43. The van der Waals surface area contributed by atoms with Gasteiger partial charge in [-0.15, -0.1) is 0 Å². The van der Waals surface area contributed by atoms with Crippen molar-refractivity contribution < 1.29 is 4.79 Å². The zero-order valence-corrected chi connectivity index (χ0v) is 12.8. The molecule has 1 aliphatic heterocycles. The molecule has 0 spiro atoms. The molecule has 3 nitrogen and oxygen atoms in total. The summed E-state index contributed by atoms with van der Waals surface area (Å²) in [6, 6.07) is 8.31. The number of fused-ring (bicyclic) bond motifs is 1. The van der Waals surface area contributed by atoms with Gasteiger partial charge in [-0.25, -0.2) is 0 Å². The first-order chi connectivity index (χ1) is 9.35. The predicted octanol–water partition coefficient (Wildman–Crippen LogP) is 2.42. The average Bonchev–Trinajstić information content (AvgIpc) is 2.80. The van der Waals surface area contributed by atoms with Gasteiger partial charge in [-0.1, -0.05) is 52.0 Å². The standard InChI is InChI=1S/C17H24N2O/c1-16(2)15(17(16,3)4)19-14(20)13-12-8-6-5-7-11(12)9-10-18-13/h5-8,13,15,18H,9-10H2,1-4H3,(H,19,20). The molecule has 0 aromatic heterocycles. The van der Waals surface area contributed by atoms with Gasteiger partial charge in [-0.3, -0.25) is 4.79 Å². The van der Waals surface area contributed by atoms with Crippen molar-refractivity contribution in [2.45, 2.75) is 46.2 Å². The molecule has 20 heavy (non-hydrogen) atoms. The van der Waals surface area contributed by atoms with Crippen molar-refractivity contribution in [3.05, 3.63) is 35.4 Å². The third-order valence-corrected chi connectivity index (χ3v) is 5.68. The Hall–Kier alpha value is -1.35. The van der Waals surface area contributed by atoms with E-state index in [0.29, 0.717) is 0 Å². The molecule has 1 aromatic rings. The minimum absolute atomic E-state index is 0.112. The maximum absolute atomic E-state index is 12.6. The normalized spacial score (nSPS) is 26.7. The molecular weight excluding hydrogens is 248 g/mol. The number of hydrogen-bond acceptors (Lipinski definition) is 2. The Bertz CT molecular complexity index is 534. The van der Waals surface area contributed by atoms with Crippen LogP contribution in [0.2, 0.25) is 0 Å². The topological polar surface area (TPSA) is 41.1 Å². The van der Waals surface area contributed by atoms with E-state index in [1.807, 2.05) is 12.1 Å². The summed E-state index contributed by atoms with van der Waals surface area (Å²) in [4.78, 5) is 12.6. The fourth-order valence-electron chi connectivity index (χ4n) is 3.52.